The van der Waals surface area contributed by atoms with Crippen molar-refractivity contribution in [1.29, 1.82) is 0 Å². The smallest absolute Gasteiger partial charge is 0.244 e. The lowest BCUT2D eigenvalue weighted by Gasteiger charge is -2.21. The summed E-state index contributed by atoms with van der Waals surface area (Å²) in [6.07, 6.45) is 0.546. The van der Waals surface area contributed by atoms with Gasteiger partial charge in [-0.3, -0.25) is 4.79 Å². The second kappa shape index (κ2) is 5.04. The molecular weight excluding hydrogens is 247 g/mol. The summed E-state index contributed by atoms with van der Waals surface area (Å²) in [7, 11) is 0. The number of nitrogens with two attached hydrogens (primary N) is 1. The summed E-state index contributed by atoms with van der Waals surface area (Å²) < 4.78 is 0. The molecule has 0 aliphatic rings. The number of halogens is 2. The molecule has 0 saturated heterocycles. The van der Waals surface area contributed by atoms with Crippen LogP contribution in [0.1, 0.15) is 20.3 Å². The van der Waals surface area contributed by atoms with Crippen LogP contribution in [-0.4, -0.2) is 11.4 Å². The van der Waals surface area contributed by atoms with Gasteiger partial charge in [0.25, 0.3) is 0 Å². The highest BCUT2D eigenvalue weighted by atomic mass is 35.5. The van der Waals surface area contributed by atoms with E-state index in [-0.39, 0.29) is 5.91 Å². The average molecular weight is 261 g/mol. The SMILES string of the molecule is CCC(C)(N)C(=O)Nc1ccc(Cl)cc1Cl. The summed E-state index contributed by atoms with van der Waals surface area (Å²) in [6, 6.07) is 4.87. The zero-order valence-corrected chi connectivity index (χ0v) is 10.7. The maximum atomic E-state index is 11.8. The highest BCUT2D eigenvalue weighted by molar-refractivity contribution is 6.36. The second-order valence-electron chi connectivity index (χ2n) is 3.85. The van der Waals surface area contributed by atoms with Gasteiger partial charge in [-0.15, -0.1) is 0 Å². The molecule has 0 aliphatic carbocycles. The van der Waals surface area contributed by atoms with Crippen LogP contribution in [0.3, 0.4) is 0 Å². The molecule has 0 radical (unpaired) electrons. The maximum absolute atomic E-state index is 11.8. The first-order valence-corrected chi connectivity index (χ1v) is 5.68. The number of rotatable bonds is 3. The molecule has 1 unspecified atom stereocenters. The van der Waals surface area contributed by atoms with Crippen molar-refractivity contribution in [3.63, 3.8) is 0 Å². The second-order valence-corrected chi connectivity index (χ2v) is 4.69. The normalized spacial score (nSPS) is 14.3. The molecule has 3 N–H and O–H groups in total. The number of hydrogen-bond acceptors (Lipinski definition) is 2. The third-order valence-corrected chi connectivity index (χ3v) is 2.98. The largest absolute Gasteiger partial charge is 0.323 e. The standard InChI is InChI=1S/C11H14Cl2N2O/c1-3-11(2,14)10(16)15-9-5-4-7(12)6-8(9)13/h4-6H,3,14H2,1-2H3,(H,15,16). The molecule has 16 heavy (non-hydrogen) atoms. The van der Waals surface area contributed by atoms with Crippen LogP contribution >= 0.6 is 23.2 Å². The molecule has 0 spiro atoms. The minimum Gasteiger partial charge on any atom is -0.323 e. The Morgan fingerprint density at radius 2 is 2.12 bits per heavy atom. The van der Waals surface area contributed by atoms with E-state index in [1.165, 1.54) is 0 Å². The zero-order valence-electron chi connectivity index (χ0n) is 9.18. The molecule has 1 rings (SSSR count). The monoisotopic (exact) mass is 260 g/mol. The Bertz CT molecular complexity index is 405. The summed E-state index contributed by atoms with van der Waals surface area (Å²) in [5, 5.41) is 3.59. The van der Waals surface area contributed by atoms with Gasteiger partial charge < -0.3 is 11.1 Å². The predicted octanol–water partition coefficient (Wildman–Crippen LogP) is 3.06. The van der Waals surface area contributed by atoms with Crippen LogP contribution in [0.25, 0.3) is 0 Å². The summed E-state index contributed by atoms with van der Waals surface area (Å²) in [5.41, 5.74) is 5.42. The first-order chi connectivity index (χ1) is 7.36. The van der Waals surface area contributed by atoms with Gasteiger partial charge in [0.05, 0.1) is 16.2 Å². The molecule has 0 heterocycles. The predicted molar refractivity (Wildman–Crippen MR) is 68.0 cm³/mol. The Kier molecular flexibility index (Phi) is 4.19. The number of anilines is 1. The van der Waals surface area contributed by atoms with Gasteiger partial charge in [-0.25, -0.2) is 0 Å². The van der Waals surface area contributed by atoms with Gasteiger partial charge in [-0.2, -0.15) is 0 Å². The van der Waals surface area contributed by atoms with Gasteiger partial charge >= 0.3 is 0 Å². The summed E-state index contributed by atoms with van der Waals surface area (Å²) in [4.78, 5) is 11.8. The fraction of sp³-hybridized carbons (Fsp3) is 0.364. The van der Waals surface area contributed by atoms with Crippen molar-refractivity contribution in [2.75, 3.05) is 5.32 Å². The molecule has 1 aromatic carbocycles. The van der Waals surface area contributed by atoms with Gasteiger partial charge in [0.2, 0.25) is 5.91 Å². The van der Waals surface area contributed by atoms with Crippen LogP contribution in [0.15, 0.2) is 18.2 Å². The van der Waals surface area contributed by atoms with Crippen LogP contribution < -0.4 is 11.1 Å². The molecule has 0 bridgehead atoms. The van der Waals surface area contributed by atoms with Gasteiger partial charge in [0.1, 0.15) is 0 Å². The Labute approximate surface area is 105 Å². The zero-order chi connectivity index (χ0) is 12.3. The fourth-order valence-corrected chi connectivity index (χ4v) is 1.47. The topological polar surface area (TPSA) is 55.1 Å². The van der Waals surface area contributed by atoms with Crippen molar-refractivity contribution in [2.24, 2.45) is 5.73 Å². The van der Waals surface area contributed by atoms with E-state index in [1.54, 1.807) is 25.1 Å². The molecule has 0 saturated carbocycles. The highest BCUT2D eigenvalue weighted by Crippen LogP contribution is 2.26. The molecule has 0 aromatic heterocycles. The van der Waals surface area contributed by atoms with E-state index in [1.807, 2.05) is 6.92 Å². The van der Waals surface area contributed by atoms with Gasteiger partial charge in [-0.05, 0) is 31.5 Å². The molecule has 0 aliphatic heterocycles. The van der Waals surface area contributed by atoms with Crippen LogP contribution in [0.4, 0.5) is 5.69 Å². The lowest BCUT2D eigenvalue weighted by molar-refractivity contribution is -0.120. The number of carbonyl (C=O) groups excluding carboxylic acids is 1. The van der Waals surface area contributed by atoms with Crippen molar-refractivity contribution in [2.45, 2.75) is 25.8 Å². The van der Waals surface area contributed by atoms with Crippen LogP contribution in [0.2, 0.25) is 10.0 Å². The van der Waals surface area contributed by atoms with E-state index in [2.05, 4.69) is 5.32 Å². The number of amides is 1. The summed E-state index contributed by atoms with van der Waals surface area (Å²) in [6.45, 7) is 3.52. The third-order valence-electron chi connectivity index (χ3n) is 2.43. The van der Waals surface area contributed by atoms with E-state index in [4.69, 9.17) is 28.9 Å². The fourth-order valence-electron chi connectivity index (χ4n) is 1.02. The molecule has 3 nitrogen and oxygen atoms in total. The van der Waals surface area contributed by atoms with Gasteiger partial charge in [0.15, 0.2) is 0 Å². The number of carbonyl (C=O) groups is 1. The average Bonchev–Trinajstić information content (AvgIpc) is 2.22. The molecule has 1 aromatic rings. The quantitative estimate of drug-likeness (QED) is 0.878. The van der Waals surface area contributed by atoms with Crippen molar-refractivity contribution >= 4 is 34.8 Å². The lowest BCUT2D eigenvalue weighted by atomic mass is 9.99. The Hall–Kier alpha value is -0.770. The van der Waals surface area contributed by atoms with E-state index >= 15 is 0 Å². The summed E-state index contributed by atoms with van der Waals surface area (Å²) >= 11 is 11.7. The van der Waals surface area contributed by atoms with Crippen LogP contribution in [0.5, 0.6) is 0 Å². The molecule has 1 amide bonds. The van der Waals surface area contributed by atoms with Crippen molar-refractivity contribution < 1.29 is 4.79 Å². The van der Waals surface area contributed by atoms with Crippen molar-refractivity contribution in [1.82, 2.24) is 0 Å². The van der Waals surface area contributed by atoms with E-state index in [9.17, 15) is 4.79 Å². The minimum absolute atomic E-state index is 0.265. The van der Waals surface area contributed by atoms with E-state index in [0.29, 0.717) is 22.2 Å². The molecule has 88 valence electrons. The van der Waals surface area contributed by atoms with Crippen LogP contribution in [-0.2, 0) is 4.79 Å². The van der Waals surface area contributed by atoms with Crippen molar-refractivity contribution in [3.8, 4) is 0 Å². The Balaban J connectivity index is 2.85. The maximum Gasteiger partial charge on any atom is 0.244 e. The highest BCUT2D eigenvalue weighted by Gasteiger charge is 2.26. The number of hydrogen-bond donors (Lipinski definition) is 2. The first kappa shape index (κ1) is 13.3. The first-order valence-electron chi connectivity index (χ1n) is 4.92. The summed E-state index contributed by atoms with van der Waals surface area (Å²) in [5.74, 6) is -0.265. The van der Waals surface area contributed by atoms with Crippen LogP contribution in [0, 0.1) is 0 Å². The molecular formula is C11H14Cl2N2O. The lowest BCUT2D eigenvalue weighted by Crippen LogP contribution is -2.47. The van der Waals surface area contributed by atoms with Crippen molar-refractivity contribution in [3.05, 3.63) is 28.2 Å². The third kappa shape index (κ3) is 3.11. The van der Waals surface area contributed by atoms with Gasteiger partial charge in [-0.1, -0.05) is 30.1 Å². The Morgan fingerprint density at radius 3 is 2.62 bits per heavy atom. The number of benzene rings is 1. The molecule has 0 fully saturated rings. The number of nitrogens with one attached hydrogen (secondary N) is 1. The minimum atomic E-state index is -0.900. The molecule has 1 atom stereocenters. The van der Waals surface area contributed by atoms with E-state index in [0.717, 1.165) is 0 Å². The molecule has 5 heteroatoms. The van der Waals surface area contributed by atoms with Gasteiger partial charge in [0, 0.05) is 5.02 Å². The Morgan fingerprint density at radius 1 is 1.50 bits per heavy atom. The van der Waals surface area contributed by atoms with E-state index < -0.39 is 5.54 Å².